The lowest BCUT2D eigenvalue weighted by atomic mass is 9.93. The average Bonchev–Trinajstić information content (AvgIpc) is 3.34. The number of sulfonamides is 1. The van der Waals surface area contributed by atoms with Crippen molar-refractivity contribution in [1.29, 1.82) is 0 Å². The fourth-order valence-electron chi connectivity index (χ4n) is 5.24. The molecule has 2 amide bonds. The van der Waals surface area contributed by atoms with Gasteiger partial charge in [-0.3, -0.25) is 0 Å². The van der Waals surface area contributed by atoms with E-state index in [1.165, 1.54) is 32.1 Å². The number of urea groups is 1. The van der Waals surface area contributed by atoms with E-state index in [2.05, 4.69) is 10.6 Å². The van der Waals surface area contributed by atoms with Crippen LogP contribution >= 0.6 is 0 Å². The zero-order chi connectivity index (χ0) is 18.9. The summed E-state index contributed by atoms with van der Waals surface area (Å²) in [4.78, 5) is 12.3. The number of hydrogen-bond donors (Lipinski definition) is 2. The number of hydrogen-bond acceptors (Lipinski definition) is 4. The van der Waals surface area contributed by atoms with Gasteiger partial charge in [-0.05, 0) is 62.7 Å². The summed E-state index contributed by atoms with van der Waals surface area (Å²) < 4.78 is 32.4. The van der Waals surface area contributed by atoms with E-state index in [-0.39, 0.29) is 17.3 Å². The third-order valence-corrected chi connectivity index (χ3v) is 9.63. The van der Waals surface area contributed by atoms with E-state index in [9.17, 15) is 13.2 Å². The molecule has 2 aliphatic carbocycles. The normalized spacial score (nSPS) is 29.7. The molecule has 1 spiro atoms. The Kier molecular flexibility index (Phi) is 5.67. The highest BCUT2D eigenvalue weighted by molar-refractivity contribution is 7.89. The molecule has 2 aliphatic heterocycles. The van der Waals surface area contributed by atoms with Crippen molar-refractivity contribution >= 4 is 16.1 Å². The van der Waals surface area contributed by atoms with Crippen LogP contribution in [0.5, 0.6) is 0 Å². The fourth-order valence-corrected chi connectivity index (χ4v) is 7.17. The first-order valence-corrected chi connectivity index (χ1v) is 12.1. The summed E-state index contributed by atoms with van der Waals surface area (Å²) in [5.74, 6) is 0.648. The monoisotopic (exact) mass is 399 g/mol. The van der Waals surface area contributed by atoms with Gasteiger partial charge < -0.3 is 15.4 Å². The Morgan fingerprint density at radius 1 is 1.04 bits per heavy atom. The molecule has 1 unspecified atom stereocenters. The summed E-state index contributed by atoms with van der Waals surface area (Å²) in [5, 5.41) is 5.81. The lowest BCUT2D eigenvalue weighted by Gasteiger charge is -2.35. The zero-order valence-corrected chi connectivity index (χ0v) is 16.9. The minimum Gasteiger partial charge on any atom is -0.381 e. The molecular formula is C19H33N3O4S. The molecule has 2 N–H and O–H groups in total. The van der Waals surface area contributed by atoms with Gasteiger partial charge in [0.25, 0.3) is 0 Å². The summed E-state index contributed by atoms with van der Waals surface area (Å²) in [6, 6.07) is -0.0342. The summed E-state index contributed by atoms with van der Waals surface area (Å²) >= 11 is 0. The number of ether oxygens (including phenoxy) is 1. The first-order valence-electron chi connectivity index (χ1n) is 10.6. The molecule has 0 aromatic rings. The lowest BCUT2D eigenvalue weighted by Crippen LogP contribution is -2.51. The maximum absolute atomic E-state index is 12.8. The minimum absolute atomic E-state index is 0.0598. The molecule has 27 heavy (non-hydrogen) atoms. The van der Waals surface area contributed by atoms with Crippen molar-refractivity contribution in [2.75, 3.05) is 32.8 Å². The van der Waals surface area contributed by atoms with Gasteiger partial charge in [0.05, 0.1) is 5.25 Å². The van der Waals surface area contributed by atoms with Crippen molar-refractivity contribution in [3.8, 4) is 0 Å². The van der Waals surface area contributed by atoms with Gasteiger partial charge in [0.1, 0.15) is 0 Å². The van der Waals surface area contributed by atoms with Crippen LogP contribution in [0.25, 0.3) is 0 Å². The van der Waals surface area contributed by atoms with Crippen LogP contribution in [-0.4, -0.2) is 62.9 Å². The highest BCUT2D eigenvalue weighted by Gasteiger charge is 2.51. The van der Waals surface area contributed by atoms with Crippen LogP contribution in [0.15, 0.2) is 0 Å². The maximum atomic E-state index is 12.8. The number of piperidine rings is 1. The van der Waals surface area contributed by atoms with Gasteiger partial charge in [-0.15, -0.1) is 0 Å². The van der Waals surface area contributed by atoms with Gasteiger partial charge in [-0.25, -0.2) is 17.5 Å². The predicted octanol–water partition coefficient (Wildman–Crippen LogP) is 1.84. The molecule has 2 saturated heterocycles. The number of nitrogens with one attached hydrogen (secondary N) is 2. The first kappa shape index (κ1) is 19.5. The fraction of sp³-hybridized carbons (Fsp3) is 0.947. The highest BCUT2D eigenvalue weighted by atomic mass is 32.2. The van der Waals surface area contributed by atoms with E-state index < -0.39 is 10.0 Å². The van der Waals surface area contributed by atoms with E-state index in [4.69, 9.17) is 4.74 Å². The van der Waals surface area contributed by atoms with Crippen molar-refractivity contribution in [3.05, 3.63) is 0 Å². The van der Waals surface area contributed by atoms with Crippen LogP contribution in [0.2, 0.25) is 0 Å². The molecule has 0 aromatic carbocycles. The van der Waals surface area contributed by atoms with Gasteiger partial charge in [0.2, 0.25) is 10.0 Å². The maximum Gasteiger partial charge on any atom is 0.315 e. The van der Waals surface area contributed by atoms with Gasteiger partial charge >= 0.3 is 6.03 Å². The molecule has 7 nitrogen and oxygen atoms in total. The summed E-state index contributed by atoms with van der Waals surface area (Å²) in [7, 11) is -3.24. The molecule has 0 bridgehead atoms. The second-order valence-corrected chi connectivity index (χ2v) is 11.0. The zero-order valence-electron chi connectivity index (χ0n) is 16.1. The van der Waals surface area contributed by atoms with E-state index in [0.717, 1.165) is 6.54 Å². The lowest BCUT2D eigenvalue weighted by molar-refractivity contribution is 0.0969. The van der Waals surface area contributed by atoms with Gasteiger partial charge in [0, 0.05) is 38.9 Å². The van der Waals surface area contributed by atoms with Crippen LogP contribution in [0.1, 0.15) is 57.8 Å². The Hall–Kier alpha value is -0.860. The molecule has 8 heteroatoms. The van der Waals surface area contributed by atoms with E-state index >= 15 is 0 Å². The number of rotatable bonds is 5. The molecular weight excluding hydrogens is 366 g/mol. The van der Waals surface area contributed by atoms with Crippen molar-refractivity contribution in [3.63, 3.8) is 0 Å². The standard InChI is InChI=1S/C19H33N3O4S/c23-18(20-14-15-2-1-7-19(15)8-9-19)21-16-3-10-22(11-4-16)27(24,25)17-5-12-26-13-6-17/h15-17H,1-14H2,(H2,20,21,23). The largest absolute Gasteiger partial charge is 0.381 e. The summed E-state index contributed by atoms with van der Waals surface area (Å²) in [6.07, 6.45) is 9.09. The van der Waals surface area contributed by atoms with E-state index in [1.807, 2.05) is 0 Å². The first-order chi connectivity index (χ1) is 13.0. The van der Waals surface area contributed by atoms with Crippen LogP contribution in [0, 0.1) is 11.3 Å². The Morgan fingerprint density at radius 2 is 1.74 bits per heavy atom. The summed E-state index contributed by atoms with van der Waals surface area (Å²) in [5.41, 5.74) is 0.553. The average molecular weight is 400 g/mol. The minimum atomic E-state index is -3.24. The Bertz CT molecular complexity index is 635. The summed E-state index contributed by atoms with van der Waals surface area (Å²) in [6.45, 7) is 2.84. The van der Waals surface area contributed by atoms with Crippen molar-refractivity contribution < 1.29 is 17.9 Å². The molecule has 2 saturated carbocycles. The van der Waals surface area contributed by atoms with Crippen molar-refractivity contribution in [1.82, 2.24) is 14.9 Å². The Balaban J connectivity index is 1.19. The molecule has 0 aromatic heterocycles. The van der Waals surface area contributed by atoms with Gasteiger partial charge in [-0.1, -0.05) is 6.42 Å². The van der Waals surface area contributed by atoms with Crippen molar-refractivity contribution in [2.24, 2.45) is 11.3 Å². The molecule has 4 fully saturated rings. The van der Waals surface area contributed by atoms with E-state index in [1.54, 1.807) is 4.31 Å². The quantitative estimate of drug-likeness (QED) is 0.738. The second kappa shape index (κ2) is 7.87. The molecule has 4 aliphatic rings. The van der Waals surface area contributed by atoms with Gasteiger partial charge in [0.15, 0.2) is 0 Å². The number of nitrogens with zero attached hydrogens (tertiary/aromatic N) is 1. The van der Waals surface area contributed by atoms with Crippen LogP contribution in [0.3, 0.4) is 0 Å². The molecule has 2 heterocycles. The van der Waals surface area contributed by atoms with Gasteiger partial charge in [-0.2, -0.15) is 0 Å². The molecule has 154 valence electrons. The topological polar surface area (TPSA) is 87.7 Å². The van der Waals surface area contributed by atoms with Crippen molar-refractivity contribution in [2.45, 2.75) is 69.1 Å². The van der Waals surface area contributed by atoms with Crippen LogP contribution in [0.4, 0.5) is 4.79 Å². The predicted molar refractivity (Wildman–Crippen MR) is 103 cm³/mol. The SMILES string of the molecule is O=C(NCC1CCCC12CC2)NC1CCN(S(=O)(=O)C2CCOCC2)CC1. The number of carbonyl (C=O) groups is 1. The third-order valence-electron chi connectivity index (χ3n) is 7.23. The Morgan fingerprint density at radius 3 is 2.41 bits per heavy atom. The Labute approximate surface area is 162 Å². The van der Waals surface area contributed by atoms with E-state index in [0.29, 0.717) is 63.3 Å². The number of amides is 2. The highest BCUT2D eigenvalue weighted by Crippen LogP contribution is 2.60. The molecule has 0 radical (unpaired) electrons. The third kappa shape index (κ3) is 4.27. The van der Waals surface area contributed by atoms with Crippen LogP contribution in [-0.2, 0) is 14.8 Å². The van der Waals surface area contributed by atoms with Crippen LogP contribution < -0.4 is 10.6 Å². The molecule has 1 atom stereocenters. The second-order valence-electron chi connectivity index (χ2n) is 8.84. The number of carbonyl (C=O) groups excluding carboxylic acids is 1. The molecule has 4 rings (SSSR count). The smallest absolute Gasteiger partial charge is 0.315 e.